The van der Waals surface area contributed by atoms with E-state index < -0.39 is 5.97 Å². The molecule has 202 valence electrons. The SMILES string of the molecule is C=C(C(=O)OOCCCCCCCCc1ccc(OC)cc1)c1cccc(CSc2c(Cl)cccc2Cl)n1. The van der Waals surface area contributed by atoms with E-state index in [0.717, 1.165) is 42.0 Å². The minimum atomic E-state index is -0.644. The fourth-order valence-corrected chi connectivity index (χ4v) is 5.32. The van der Waals surface area contributed by atoms with Crippen LogP contribution in [0.25, 0.3) is 5.57 Å². The van der Waals surface area contributed by atoms with Crippen LogP contribution in [0.4, 0.5) is 0 Å². The zero-order chi connectivity index (χ0) is 27.2. The van der Waals surface area contributed by atoms with Crippen LogP contribution in [-0.2, 0) is 26.7 Å². The van der Waals surface area contributed by atoms with Crippen LogP contribution in [-0.4, -0.2) is 24.7 Å². The van der Waals surface area contributed by atoms with E-state index in [1.807, 2.05) is 24.3 Å². The largest absolute Gasteiger partial charge is 0.497 e. The molecule has 0 N–H and O–H groups in total. The summed E-state index contributed by atoms with van der Waals surface area (Å²) in [7, 11) is 1.68. The molecule has 8 heteroatoms. The molecule has 0 spiro atoms. The van der Waals surface area contributed by atoms with Crippen LogP contribution in [0, 0.1) is 0 Å². The molecule has 2 aromatic carbocycles. The number of aromatic nitrogens is 1. The molecule has 0 atom stereocenters. The molecule has 0 aliphatic carbocycles. The molecule has 3 aromatic rings. The maximum Gasteiger partial charge on any atom is 0.374 e. The minimum Gasteiger partial charge on any atom is -0.497 e. The normalized spacial score (nSPS) is 10.8. The fraction of sp³-hybridized carbons (Fsp3) is 0.333. The molecule has 1 heterocycles. The van der Waals surface area contributed by atoms with Crippen molar-refractivity contribution in [2.75, 3.05) is 13.7 Å². The average Bonchev–Trinajstić information content (AvgIpc) is 2.93. The van der Waals surface area contributed by atoms with Gasteiger partial charge in [0.25, 0.3) is 0 Å². The first-order valence-corrected chi connectivity index (χ1v) is 14.4. The smallest absolute Gasteiger partial charge is 0.374 e. The number of nitrogens with zero attached hydrogens (tertiary/aromatic N) is 1. The summed E-state index contributed by atoms with van der Waals surface area (Å²) in [5.74, 6) is 0.787. The van der Waals surface area contributed by atoms with Crippen molar-refractivity contribution >= 4 is 46.5 Å². The number of methoxy groups -OCH3 is 1. The van der Waals surface area contributed by atoms with Gasteiger partial charge in [-0.2, -0.15) is 4.89 Å². The van der Waals surface area contributed by atoms with E-state index in [-0.39, 0.29) is 5.57 Å². The monoisotopic (exact) mass is 573 g/mol. The van der Waals surface area contributed by atoms with Gasteiger partial charge >= 0.3 is 5.97 Å². The number of carbonyl (C=O) groups is 1. The summed E-state index contributed by atoms with van der Waals surface area (Å²) in [6.45, 7) is 4.18. The lowest BCUT2D eigenvalue weighted by molar-refractivity contribution is -0.266. The average molecular weight is 575 g/mol. The fourth-order valence-electron chi connectivity index (χ4n) is 3.73. The first-order chi connectivity index (χ1) is 18.5. The van der Waals surface area contributed by atoms with Gasteiger partial charge in [0.2, 0.25) is 0 Å². The number of hydrogen-bond donors (Lipinski definition) is 0. The summed E-state index contributed by atoms with van der Waals surface area (Å²) < 4.78 is 5.19. The van der Waals surface area contributed by atoms with Crippen LogP contribution in [0.15, 0.2) is 72.1 Å². The lowest BCUT2D eigenvalue weighted by Gasteiger charge is -2.09. The van der Waals surface area contributed by atoms with Crippen LogP contribution in [0.5, 0.6) is 5.75 Å². The van der Waals surface area contributed by atoms with E-state index in [1.165, 1.54) is 36.6 Å². The van der Waals surface area contributed by atoms with Crippen LogP contribution < -0.4 is 4.74 Å². The van der Waals surface area contributed by atoms with Gasteiger partial charge in [-0.15, -0.1) is 11.8 Å². The van der Waals surface area contributed by atoms with Crippen LogP contribution in [0.3, 0.4) is 0 Å². The Hall–Kier alpha value is -2.51. The molecule has 38 heavy (non-hydrogen) atoms. The predicted molar refractivity (Wildman–Crippen MR) is 156 cm³/mol. The maximum absolute atomic E-state index is 12.3. The van der Waals surface area contributed by atoms with E-state index in [9.17, 15) is 4.79 Å². The quantitative estimate of drug-likeness (QED) is 0.0561. The first kappa shape index (κ1) is 30.0. The van der Waals surface area contributed by atoms with Crippen molar-refractivity contribution in [1.29, 1.82) is 0 Å². The number of hydrogen-bond acceptors (Lipinski definition) is 6. The Bertz CT molecular complexity index is 1170. The van der Waals surface area contributed by atoms with Gasteiger partial charge < -0.3 is 4.74 Å². The van der Waals surface area contributed by atoms with Gasteiger partial charge in [0.15, 0.2) is 0 Å². The summed E-state index contributed by atoms with van der Waals surface area (Å²) in [5.41, 5.74) is 2.69. The topological polar surface area (TPSA) is 57.7 Å². The van der Waals surface area contributed by atoms with Crippen molar-refractivity contribution in [1.82, 2.24) is 4.98 Å². The van der Waals surface area contributed by atoms with Gasteiger partial charge in [0.1, 0.15) is 5.75 Å². The molecule has 1 aromatic heterocycles. The number of aryl methyl sites for hydroxylation is 1. The molecule has 0 aliphatic rings. The molecule has 0 fully saturated rings. The Morgan fingerprint density at radius 2 is 1.55 bits per heavy atom. The van der Waals surface area contributed by atoms with Gasteiger partial charge in [-0.3, -0.25) is 9.87 Å². The molecule has 3 rings (SSSR count). The Morgan fingerprint density at radius 1 is 0.895 bits per heavy atom. The second-order valence-corrected chi connectivity index (χ2v) is 10.5. The zero-order valence-electron chi connectivity index (χ0n) is 21.6. The number of rotatable bonds is 16. The zero-order valence-corrected chi connectivity index (χ0v) is 23.9. The van der Waals surface area contributed by atoms with Crippen molar-refractivity contribution < 1.29 is 19.3 Å². The molecule has 0 radical (unpaired) electrons. The number of thioether (sulfide) groups is 1. The third-order valence-corrected chi connectivity index (χ3v) is 7.91. The van der Waals surface area contributed by atoms with Gasteiger partial charge in [0.05, 0.1) is 40.7 Å². The van der Waals surface area contributed by atoms with E-state index in [1.54, 1.807) is 31.4 Å². The Balaban J connectivity index is 1.27. The molecule has 0 saturated carbocycles. The van der Waals surface area contributed by atoms with E-state index in [2.05, 4.69) is 23.7 Å². The molecule has 0 aliphatic heterocycles. The number of ether oxygens (including phenoxy) is 1. The highest BCUT2D eigenvalue weighted by Crippen LogP contribution is 2.35. The summed E-state index contributed by atoms with van der Waals surface area (Å²) >= 11 is 14.0. The number of unbranched alkanes of at least 4 members (excludes halogenated alkanes) is 5. The predicted octanol–water partition coefficient (Wildman–Crippen LogP) is 8.76. The third kappa shape index (κ3) is 9.99. The molecule has 0 saturated heterocycles. The molecule has 0 unspecified atom stereocenters. The Kier molecular flexibility index (Phi) is 13.0. The van der Waals surface area contributed by atoms with Crippen LogP contribution in [0.1, 0.15) is 55.5 Å². The summed E-state index contributed by atoms with van der Waals surface area (Å²) in [6.07, 6.45) is 7.60. The van der Waals surface area contributed by atoms with E-state index in [0.29, 0.717) is 28.1 Å². The van der Waals surface area contributed by atoms with Crippen molar-refractivity contribution in [2.45, 2.75) is 55.6 Å². The molecule has 0 amide bonds. The van der Waals surface area contributed by atoms with Crippen LogP contribution >= 0.6 is 35.0 Å². The van der Waals surface area contributed by atoms with Crippen molar-refractivity contribution in [3.63, 3.8) is 0 Å². The van der Waals surface area contributed by atoms with Crippen LogP contribution in [0.2, 0.25) is 10.0 Å². The molecule has 5 nitrogen and oxygen atoms in total. The number of carbonyl (C=O) groups excluding carboxylic acids is 1. The highest BCUT2D eigenvalue weighted by Gasteiger charge is 2.15. The first-order valence-electron chi connectivity index (χ1n) is 12.7. The molecular weight excluding hydrogens is 541 g/mol. The summed E-state index contributed by atoms with van der Waals surface area (Å²) in [5, 5.41) is 1.18. The maximum atomic E-state index is 12.3. The minimum absolute atomic E-state index is 0.143. The van der Waals surface area contributed by atoms with Crippen molar-refractivity contribution in [3.05, 3.63) is 94.2 Å². The molecular formula is C30H33Cl2NO4S. The lowest BCUT2D eigenvalue weighted by Crippen LogP contribution is -2.09. The second-order valence-electron chi connectivity index (χ2n) is 8.74. The summed E-state index contributed by atoms with van der Waals surface area (Å²) in [4.78, 5) is 27.7. The van der Waals surface area contributed by atoms with Gasteiger partial charge in [-0.1, -0.05) is 79.7 Å². The highest BCUT2D eigenvalue weighted by atomic mass is 35.5. The Morgan fingerprint density at radius 3 is 2.26 bits per heavy atom. The van der Waals surface area contributed by atoms with E-state index in [4.69, 9.17) is 37.7 Å². The van der Waals surface area contributed by atoms with Gasteiger partial charge in [0, 0.05) is 10.6 Å². The van der Waals surface area contributed by atoms with Gasteiger partial charge in [-0.25, -0.2) is 4.79 Å². The lowest BCUT2D eigenvalue weighted by atomic mass is 10.0. The third-order valence-electron chi connectivity index (χ3n) is 5.88. The summed E-state index contributed by atoms with van der Waals surface area (Å²) in [6, 6.07) is 19.1. The number of pyridine rings is 1. The second kappa shape index (κ2) is 16.5. The highest BCUT2D eigenvalue weighted by molar-refractivity contribution is 7.98. The standard InChI is InChI=1S/C30H33Cl2NO4S/c1-22(28-15-9-12-24(33-28)21-38-29-26(31)13-10-14-27(29)32)30(34)37-36-20-8-6-4-3-5-7-11-23-16-18-25(35-2)19-17-23/h9-10,12-19H,1,3-8,11,20-21H2,2H3. The van der Waals surface area contributed by atoms with E-state index >= 15 is 0 Å². The number of benzene rings is 2. The molecule has 0 bridgehead atoms. The van der Waals surface area contributed by atoms with Gasteiger partial charge in [-0.05, 0) is 61.2 Å². The van der Waals surface area contributed by atoms with Crippen molar-refractivity contribution in [3.8, 4) is 5.75 Å². The Labute approximate surface area is 239 Å². The number of halogens is 2. The van der Waals surface area contributed by atoms with Crippen molar-refractivity contribution in [2.24, 2.45) is 0 Å².